The van der Waals surface area contributed by atoms with Crippen LogP contribution in [0.5, 0.6) is 5.75 Å². The molecule has 0 spiro atoms. The molecule has 4 heteroatoms. The molecule has 0 amide bonds. The summed E-state index contributed by atoms with van der Waals surface area (Å²) in [5.41, 5.74) is 9.35. The molecule has 3 rings (SSSR count). The minimum Gasteiger partial charge on any atom is -0.494 e. The van der Waals surface area contributed by atoms with Gasteiger partial charge in [-0.05, 0) is 37.5 Å². The predicted molar refractivity (Wildman–Crippen MR) is 80.5 cm³/mol. The lowest BCUT2D eigenvalue weighted by Gasteiger charge is -2.11. The second-order valence-corrected chi connectivity index (χ2v) is 5.56. The van der Waals surface area contributed by atoms with Crippen LogP contribution in [0.4, 0.5) is 5.82 Å². The summed E-state index contributed by atoms with van der Waals surface area (Å²) in [6, 6.07) is 8.05. The number of aryl methyl sites for hydroxylation is 1. The first-order valence-corrected chi connectivity index (χ1v) is 7.19. The van der Waals surface area contributed by atoms with Gasteiger partial charge in [0.05, 0.1) is 12.8 Å². The van der Waals surface area contributed by atoms with Crippen LogP contribution in [0.25, 0.3) is 5.69 Å². The van der Waals surface area contributed by atoms with Crippen LogP contribution in [-0.4, -0.2) is 16.9 Å². The third kappa shape index (κ3) is 2.26. The van der Waals surface area contributed by atoms with E-state index in [0.717, 1.165) is 22.7 Å². The van der Waals surface area contributed by atoms with Crippen LogP contribution in [0, 0.1) is 6.92 Å². The maximum atomic E-state index is 6.16. The molecule has 2 N–H and O–H groups in total. The van der Waals surface area contributed by atoms with Crippen molar-refractivity contribution in [3.05, 3.63) is 35.5 Å². The summed E-state index contributed by atoms with van der Waals surface area (Å²) in [4.78, 5) is 0. The Morgan fingerprint density at radius 1 is 1.25 bits per heavy atom. The standard InChI is InChI=1S/C16H21N3O/c1-11-7-8-15(20-2)14(9-11)19-16(17)10-13(18-19)12-5-3-4-6-12/h7-10,12H,3-6,17H2,1-2H3. The lowest BCUT2D eigenvalue weighted by Crippen LogP contribution is -2.05. The summed E-state index contributed by atoms with van der Waals surface area (Å²) in [6.07, 6.45) is 5.04. The van der Waals surface area contributed by atoms with Gasteiger partial charge in [-0.2, -0.15) is 5.10 Å². The zero-order chi connectivity index (χ0) is 14.1. The molecule has 1 saturated carbocycles. The van der Waals surface area contributed by atoms with Crippen molar-refractivity contribution in [1.82, 2.24) is 9.78 Å². The van der Waals surface area contributed by atoms with Gasteiger partial charge >= 0.3 is 0 Å². The maximum Gasteiger partial charge on any atom is 0.144 e. The average Bonchev–Trinajstić information content (AvgIpc) is 3.07. The summed E-state index contributed by atoms with van der Waals surface area (Å²) in [5.74, 6) is 2.04. The molecule has 1 aliphatic carbocycles. The van der Waals surface area contributed by atoms with Crippen molar-refractivity contribution in [3.63, 3.8) is 0 Å². The van der Waals surface area contributed by atoms with Gasteiger partial charge in [-0.1, -0.05) is 18.9 Å². The number of hydrogen-bond acceptors (Lipinski definition) is 3. The van der Waals surface area contributed by atoms with Crippen LogP contribution in [0.3, 0.4) is 0 Å². The van der Waals surface area contributed by atoms with Crippen molar-refractivity contribution in [2.24, 2.45) is 0 Å². The fourth-order valence-electron chi connectivity index (χ4n) is 2.99. The third-order valence-electron chi connectivity index (χ3n) is 4.09. The van der Waals surface area contributed by atoms with Crippen LogP contribution in [0.1, 0.15) is 42.9 Å². The Kier molecular flexibility index (Phi) is 3.38. The molecule has 0 aliphatic heterocycles. The summed E-state index contributed by atoms with van der Waals surface area (Å²) in [5, 5.41) is 4.72. The summed E-state index contributed by atoms with van der Waals surface area (Å²) >= 11 is 0. The molecule has 2 aromatic rings. The Morgan fingerprint density at radius 2 is 2.00 bits per heavy atom. The molecule has 1 heterocycles. The first-order chi connectivity index (χ1) is 9.69. The van der Waals surface area contributed by atoms with Crippen molar-refractivity contribution in [2.75, 3.05) is 12.8 Å². The van der Waals surface area contributed by atoms with Crippen LogP contribution < -0.4 is 10.5 Å². The SMILES string of the molecule is COc1ccc(C)cc1-n1nc(C2CCCC2)cc1N. The van der Waals surface area contributed by atoms with E-state index in [1.165, 1.54) is 25.7 Å². The smallest absolute Gasteiger partial charge is 0.144 e. The fourth-order valence-corrected chi connectivity index (χ4v) is 2.99. The summed E-state index contributed by atoms with van der Waals surface area (Å²) in [7, 11) is 1.67. The number of nitrogens with zero attached hydrogens (tertiary/aromatic N) is 2. The third-order valence-corrected chi connectivity index (χ3v) is 4.09. The van der Waals surface area contributed by atoms with E-state index in [4.69, 9.17) is 15.6 Å². The molecule has 20 heavy (non-hydrogen) atoms. The van der Waals surface area contributed by atoms with Gasteiger partial charge < -0.3 is 10.5 Å². The number of nitrogens with two attached hydrogens (primary N) is 1. The summed E-state index contributed by atoms with van der Waals surface area (Å²) < 4.78 is 7.23. The van der Waals surface area contributed by atoms with E-state index in [-0.39, 0.29) is 0 Å². The normalized spacial score (nSPS) is 15.7. The van der Waals surface area contributed by atoms with Crippen LogP contribution in [0.15, 0.2) is 24.3 Å². The molecule has 1 aromatic carbocycles. The molecule has 4 nitrogen and oxygen atoms in total. The quantitative estimate of drug-likeness (QED) is 0.930. The van der Waals surface area contributed by atoms with Gasteiger partial charge in [-0.3, -0.25) is 0 Å². The van der Waals surface area contributed by atoms with Gasteiger partial charge in [0, 0.05) is 12.0 Å². The highest BCUT2D eigenvalue weighted by Gasteiger charge is 2.21. The number of anilines is 1. The molecule has 0 bridgehead atoms. The average molecular weight is 271 g/mol. The van der Waals surface area contributed by atoms with E-state index in [1.807, 2.05) is 18.2 Å². The van der Waals surface area contributed by atoms with Gasteiger partial charge in [0.15, 0.2) is 0 Å². The number of benzene rings is 1. The molecule has 0 saturated heterocycles. The van der Waals surface area contributed by atoms with Gasteiger partial charge in [-0.25, -0.2) is 4.68 Å². The predicted octanol–water partition coefficient (Wildman–Crippen LogP) is 3.43. The van der Waals surface area contributed by atoms with Crippen LogP contribution in [0.2, 0.25) is 0 Å². The lowest BCUT2D eigenvalue weighted by atomic mass is 10.1. The monoisotopic (exact) mass is 271 g/mol. The highest BCUT2D eigenvalue weighted by atomic mass is 16.5. The van der Waals surface area contributed by atoms with Crippen molar-refractivity contribution in [2.45, 2.75) is 38.5 Å². The Labute approximate surface area is 119 Å². The van der Waals surface area contributed by atoms with Gasteiger partial charge in [0.2, 0.25) is 0 Å². The van der Waals surface area contributed by atoms with E-state index in [2.05, 4.69) is 13.0 Å². The van der Waals surface area contributed by atoms with E-state index in [0.29, 0.717) is 11.7 Å². The number of ether oxygens (including phenoxy) is 1. The van der Waals surface area contributed by atoms with Gasteiger partial charge in [-0.15, -0.1) is 0 Å². The molecular formula is C16H21N3O. The van der Waals surface area contributed by atoms with Crippen molar-refractivity contribution in [1.29, 1.82) is 0 Å². The molecule has 0 unspecified atom stereocenters. The van der Waals surface area contributed by atoms with Crippen LogP contribution in [-0.2, 0) is 0 Å². The Morgan fingerprint density at radius 3 is 2.70 bits per heavy atom. The number of rotatable bonds is 3. The summed E-state index contributed by atoms with van der Waals surface area (Å²) in [6.45, 7) is 2.06. The van der Waals surface area contributed by atoms with Gasteiger partial charge in [0.25, 0.3) is 0 Å². The number of methoxy groups -OCH3 is 1. The molecule has 1 fully saturated rings. The molecule has 106 valence electrons. The highest BCUT2D eigenvalue weighted by Crippen LogP contribution is 2.35. The fraction of sp³-hybridized carbons (Fsp3) is 0.438. The van der Waals surface area contributed by atoms with Gasteiger partial charge in [0.1, 0.15) is 17.3 Å². The molecule has 0 atom stereocenters. The van der Waals surface area contributed by atoms with Crippen LogP contribution >= 0.6 is 0 Å². The molecule has 1 aromatic heterocycles. The first-order valence-electron chi connectivity index (χ1n) is 7.19. The Bertz CT molecular complexity index is 612. The molecular weight excluding hydrogens is 250 g/mol. The Hall–Kier alpha value is -1.97. The van der Waals surface area contributed by atoms with Crippen molar-refractivity contribution < 1.29 is 4.74 Å². The molecule has 0 radical (unpaired) electrons. The van der Waals surface area contributed by atoms with Crippen molar-refractivity contribution >= 4 is 5.82 Å². The second-order valence-electron chi connectivity index (χ2n) is 5.56. The minimum absolute atomic E-state index is 0.564. The zero-order valence-electron chi connectivity index (χ0n) is 12.1. The van der Waals surface area contributed by atoms with E-state index in [1.54, 1.807) is 11.8 Å². The highest BCUT2D eigenvalue weighted by molar-refractivity contribution is 5.53. The minimum atomic E-state index is 0.564. The van der Waals surface area contributed by atoms with E-state index >= 15 is 0 Å². The maximum absolute atomic E-state index is 6.16. The Balaban J connectivity index is 2.03. The first kappa shape index (κ1) is 13.0. The topological polar surface area (TPSA) is 53.1 Å². The van der Waals surface area contributed by atoms with E-state index in [9.17, 15) is 0 Å². The van der Waals surface area contributed by atoms with Crippen molar-refractivity contribution in [3.8, 4) is 11.4 Å². The number of hydrogen-bond donors (Lipinski definition) is 1. The lowest BCUT2D eigenvalue weighted by molar-refractivity contribution is 0.411. The zero-order valence-corrected chi connectivity index (χ0v) is 12.1. The number of aromatic nitrogens is 2. The largest absolute Gasteiger partial charge is 0.494 e. The second kappa shape index (κ2) is 5.19. The molecule has 1 aliphatic rings. The number of nitrogen functional groups attached to an aromatic ring is 1. The van der Waals surface area contributed by atoms with E-state index < -0.39 is 0 Å².